The number of nitrogens with one attached hydrogen (secondary N) is 2. The van der Waals surface area contributed by atoms with Gasteiger partial charge in [0.25, 0.3) is 0 Å². The minimum absolute atomic E-state index is 0.167. The summed E-state index contributed by atoms with van der Waals surface area (Å²) in [7, 11) is 0. The largest absolute Gasteiger partial charge is 0.303 e. The Morgan fingerprint density at radius 2 is 2.20 bits per heavy atom. The summed E-state index contributed by atoms with van der Waals surface area (Å²) in [5.74, 6) is 0.851. The number of hydrogen-bond donors (Lipinski definition) is 2. The number of pyridine rings is 1. The van der Waals surface area contributed by atoms with Crippen LogP contribution in [0.1, 0.15) is 24.4 Å². The fourth-order valence-electron chi connectivity index (χ4n) is 1.29. The molecule has 2 heterocycles. The van der Waals surface area contributed by atoms with Gasteiger partial charge in [-0.2, -0.15) is 5.10 Å². The molecule has 2 aromatic heterocycles. The SMILES string of the molecule is CC(NCc1ccncc1)c1ncn[nH]1. The number of hydrogen-bond acceptors (Lipinski definition) is 4. The van der Waals surface area contributed by atoms with E-state index < -0.39 is 0 Å². The first-order chi connectivity index (χ1) is 7.36. The molecule has 0 spiro atoms. The van der Waals surface area contributed by atoms with Crippen LogP contribution in [0.5, 0.6) is 0 Å². The van der Waals surface area contributed by atoms with Crippen LogP contribution in [0.15, 0.2) is 30.9 Å². The topological polar surface area (TPSA) is 66.5 Å². The molecule has 78 valence electrons. The molecule has 2 rings (SSSR count). The van der Waals surface area contributed by atoms with E-state index in [0.717, 1.165) is 12.4 Å². The lowest BCUT2D eigenvalue weighted by Crippen LogP contribution is -2.19. The number of H-pyrrole nitrogens is 1. The van der Waals surface area contributed by atoms with Gasteiger partial charge in [0, 0.05) is 18.9 Å². The molecular formula is C10H13N5. The van der Waals surface area contributed by atoms with Crippen LogP contribution in [-0.2, 0) is 6.54 Å². The van der Waals surface area contributed by atoms with Gasteiger partial charge in [0.2, 0.25) is 0 Å². The third-order valence-corrected chi connectivity index (χ3v) is 2.21. The van der Waals surface area contributed by atoms with Gasteiger partial charge in [-0.3, -0.25) is 10.1 Å². The molecule has 0 bridgehead atoms. The van der Waals surface area contributed by atoms with E-state index in [9.17, 15) is 0 Å². The van der Waals surface area contributed by atoms with Gasteiger partial charge in [-0.25, -0.2) is 4.98 Å². The lowest BCUT2D eigenvalue weighted by molar-refractivity contribution is 0.548. The maximum atomic E-state index is 4.09. The molecule has 1 atom stereocenters. The molecule has 1 unspecified atom stereocenters. The summed E-state index contributed by atoms with van der Waals surface area (Å²) < 4.78 is 0. The molecule has 0 saturated heterocycles. The van der Waals surface area contributed by atoms with E-state index in [-0.39, 0.29) is 6.04 Å². The van der Waals surface area contributed by atoms with Gasteiger partial charge in [0.05, 0.1) is 6.04 Å². The van der Waals surface area contributed by atoms with Crippen molar-refractivity contribution in [2.24, 2.45) is 0 Å². The Morgan fingerprint density at radius 3 is 2.87 bits per heavy atom. The van der Waals surface area contributed by atoms with Crippen LogP contribution in [0, 0.1) is 0 Å². The maximum Gasteiger partial charge on any atom is 0.141 e. The summed E-state index contributed by atoms with van der Waals surface area (Å²) >= 11 is 0. The van der Waals surface area contributed by atoms with Gasteiger partial charge in [-0.15, -0.1) is 0 Å². The monoisotopic (exact) mass is 203 g/mol. The van der Waals surface area contributed by atoms with Gasteiger partial charge < -0.3 is 5.32 Å². The second-order valence-corrected chi connectivity index (χ2v) is 3.33. The fraction of sp³-hybridized carbons (Fsp3) is 0.300. The molecule has 0 amide bonds. The van der Waals surface area contributed by atoms with Crippen molar-refractivity contribution in [2.45, 2.75) is 19.5 Å². The smallest absolute Gasteiger partial charge is 0.141 e. The van der Waals surface area contributed by atoms with Crippen LogP contribution in [0.2, 0.25) is 0 Å². The Labute approximate surface area is 88.0 Å². The van der Waals surface area contributed by atoms with Crippen molar-refractivity contribution in [3.63, 3.8) is 0 Å². The van der Waals surface area contributed by atoms with E-state index in [2.05, 4.69) is 25.5 Å². The lowest BCUT2D eigenvalue weighted by Gasteiger charge is -2.10. The van der Waals surface area contributed by atoms with E-state index in [0.29, 0.717) is 0 Å². The highest BCUT2D eigenvalue weighted by Gasteiger charge is 2.06. The Morgan fingerprint density at radius 1 is 1.40 bits per heavy atom. The normalized spacial score (nSPS) is 12.6. The van der Waals surface area contributed by atoms with Crippen LogP contribution in [0.4, 0.5) is 0 Å². The molecule has 5 heteroatoms. The number of aromatic nitrogens is 4. The standard InChI is InChI=1S/C10H13N5/c1-8(10-13-7-14-15-10)12-6-9-2-4-11-5-3-9/h2-5,7-8,12H,6H2,1H3,(H,13,14,15). The first-order valence-corrected chi connectivity index (χ1v) is 4.84. The van der Waals surface area contributed by atoms with E-state index in [1.807, 2.05) is 19.1 Å². The number of aromatic amines is 1. The number of nitrogens with zero attached hydrogens (tertiary/aromatic N) is 3. The molecule has 2 aromatic rings. The molecule has 0 radical (unpaired) electrons. The molecule has 0 aromatic carbocycles. The summed E-state index contributed by atoms with van der Waals surface area (Å²) in [5.41, 5.74) is 1.20. The number of rotatable bonds is 4. The van der Waals surface area contributed by atoms with Gasteiger partial charge in [0.15, 0.2) is 0 Å². The lowest BCUT2D eigenvalue weighted by atomic mass is 10.2. The Bertz CT molecular complexity index is 383. The molecule has 15 heavy (non-hydrogen) atoms. The second-order valence-electron chi connectivity index (χ2n) is 3.33. The summed E-state index contributed by atoms with van der Waals surface area (Å²) in [5, 5.41) is 9.99. The predicted octanol–water partition coefficient (Wildman–Crippen LogP) is 1.05. The molecule has 0 aliphatic carbocycles. The average molecular weight is 203 g/mol. The molecule has 0 aliphatic heterocycles. The van der Waals surface area contributed by atoms with Crippen LogP contribution >= 0.6 is 0 Å². The van der Waals surface area contributed by atoms with E-state index in [4.69, 9.17) is 0 Å². The summed E-state index contributed by atoms with van der Waals surface area (Å²) in [4.78, 5) is 8.05. The van der Waals surface area contributed by atoms with Crippen LogP contribution < -0.4 is 5.32 Å². The molecule has 5 nitrogen and oxygen atoms in total. The Hall–Kier alpha value is -1.75. The minimum atomic E-state index is 0.167. The molecule has 2 N–H and O–H groups in total. The van der Waals surface area contributed by atoms with Crippen molar-refractivity contribution in [3.8, 4) is 0 Å². The second kappa shape index (κ2) is 4.65. The zero-order chi connectivity index (χ0) is 10.5. The van der Waals surface area contributed by atoms with Crippen molar-refractivity contribution in [3.05, 3.63) is 42.2 Å². The van der Waals surface area contributed by atoms with Crippen LogP contribution in [-0.4, -0.2) is 20.2 Å². The van der Waals surface area contributed by atoms with Crippen molar-refractivity contribution in [1.82, 2.24) is 25.5 Å². The van der Waals surface area contributed by atoms with Crippen molar-refractivity contribution < 1.29 is 0 Å². The maximum absolute atomic E-state index is 4.09. The quantitative estimate of drug-likeness (QED) is 0.779. The summed E-state index contributed by atoms with van der Waals surface area (Å²) in [6.45, 7) is 2.84. The average Bonchev–Trinajstić information content (AvgIpc) is 2.81. The Kier molecular flexibility index (Phi) is 3.04. The van der Waals surface area contributed by atoms with Gasteiger partial charge in [0.1, 0.15) is 12.2 Å². The van der Waals surface area contributed by atoms with Gasteiger partial charge in [-0.1, -0.05) is 0 Å². The van der Waals surface area contributed by atoms with Crippen LogP contribution in [0.3, 0.4) is 0 Å². The molecule has 0 aliphatic rings. The zero-order valence-electron chi connectivity index (χ0n) is 8.51. The van der Waals surface area contributed by atoms with Gasteiger partial charge >= 0.3 is 0 Å². The highest BCUT2D eigenvalue weighted by atomic mass is 15.2. The van der Waals surface area contributed by atoms with Crippen molar-refractivity contribution in [1.29, 1.82) is 0 Å². The highest BCUT2D eigenvalue weighted by molar-refractivity contribution is 5.09. The predicted molar refractivity (Wildman–Crippen MR) is 55.9 cm³/mol. The summed E-state index contributed by atoms with van der Waals surface area (Å²) in [6.07, 6.45) is 5.09. The molecule has 0 saturated carbocycles. The Balaban J connectivity index is 1.89. The molecule has 0 fully saturated rings. The van der Waals surface area contributed by atoms with E-state index in [1.54, 1.807) is 12.4 Å². The minimum Gasteiger partial charge on any atom is -0.303 e. The van der Waals surface area contributed by atoms with E-state index >= 15 is 0 Å². The first-order valence-electron chi connectivity index (χ1n) is 4.84. The highest BCUT2D eigenvalue weighted by Crippen LogP contribution is 2.05. The third kappa shape index (κ3) is 2.60. The first kappa shape index (κ1) is 9.79. The summed E-state index contributed by atoms with van der Waals surface area (Å²) in [6, 6.07) is 4.14. The van der Waals surface area contributed by atoms with Gasteiger partial charge in [-0.05, 0) is 24.6 Å². The third-order valence-electron chi connectivity index (χ3n) is 2.21. The van der Waals surface area contributed by atoms with Crippen molar-refractivity contribution >= 4 is 0 Å². The zero-order valence-corrected chi connectivity index (χ0v) is 8.51. The van der Waals surface area contributed by atoms with Crippen molar-refractivity contribution in [2.75, 3.05) is 0 Å². The van der Waals surface area contributed by atoms with Crippen LogP contribution in [0.25, 0.3) is 0 Å². The molecular weight excluding hydrogens is 190 g/mol. The van der Waals surface area contributed by atoms with E-state index in [1.165, 1.54) is 11.9 Å². The fourth-order valence-corrected chi connectivity index (χ4v) is 1.29.